The molecular weight excluding hydrogens is 995 g/mol. The van der Waals surface area contributed by atoms with Crippen molar-refractivity contribution in [2.75, 3.05) is 13.2 Å². The van der Waals surface area contributed by atoms with Gasteiger partial charge in [0, 0.05) is 12.8 Å². The zero-order valence-electron chi connectivity index (χ0n) is 54.3. The lowest BCUT2D eigenvalue weighted by Gasteiger charge is -2.20. The number of aliphatic hydroxyl groups excluding tert-OH is 2. The minimum atomic E-state index is -0.842. The van der Waals surface area contributed by atoms with Crippen LogP contribution in [0, 0.1) is 0 Å². The number of aliphatic hydroxyl groups is 2. The minimum absolute atomic E-state index is 0.00861. The van der Waals surface area contributed by atoms with Gasteiger partial charge in [0.25, 0.3) is 0 Å². The Balaban J connectivity index is 3.37. The molecule has 0 fully saturated rings. The van der Waals surface area contributed by atoms with Gasteiger partial charge < -0.3 is 20.3 Å². The van der Waals surface area contributed by atoms with E-state index in [2.05, 4.69) is 67.8 Å². The molecule has 0 radical (unpaired) electrons. The smallest absolute Gasteiger partial charge is 0.305 e. The molecule has 2 unspecified atom stereocenters. The van der Waals surface area contributed by atoms with Crippen molar-refractivity contribution in [2.24, 2.45) is 0 Å². The molecule has 0 aromatic carbocycles. The summed E-state index contributed by atoms with van der Waals surface area (Å²) < 4.78 is 5.50. The van der Waals surface area contributed by atoms with Crippen molar-refractivity contribution >= 4 is 11.9 Å². The standard InChI is InChI=1S/C75H139NO5/c1-3-5-7-9-11-13-15-17-18-38-42-45-49-53-57-61-65-69-75(80)81-70-66-62-58-54-50-46-43-40-37-35-33-31-29-27-25-23-21-19-20-22-24-26-28-30-32-34-36-39-41-44-48-52-56-60-64-68-74(79)76-72(71-77)73(78)67-63-59-55-51-47-16-14-12-10-8-6-4-2/h11,13,17-18,21,23,27,29,63,67,72-73,77-78H,3-10,12,14-16,19-20,22,24-26,28,30-62,64-66,68-71H2,1-2H3,(H,76,79)/b13-11-,18-17-,23-21-,29-27-,67-63+. The van der Waals surface area contributed by atoms with Gasteiger partial charge in [-0.2, -0.15) is 0 Å². The summed E-state index contributed by atoms with van der Waals surface area (Å²) in [5.74, 6) is -0.0569. The summed E-state index contributed by atoms with van der Waals surface area (Å²) in [6.07, 6.45) is 93.2. The van der Waals surface area contributed by atoms with Crippen LogP contribution in [0.15, 0.2) is 60.8 Å². The van der Waals surface area contributed by atoms with Crippen molar-refractivity contribution < 1.29 is 24.5 Å². The quantitative estimate of drug-likeness (QED) is 0.0320. The predicted molar refractivity (Wildman–Crippen MR) is 356 cm³/mol. The van der Waals surface area contributed by atoms with Gasteiger partial charge in [-0.3, -0.25) is 9.59 Å². The second-order valence-electron chi connectivity index (χ2n) is 24.6. The molecule has 0 aromatic rings. The molecule has 0 saturated heterocycles. The summed E-state index contributed by atoms with van der Waals surface area (Å²) in [6.45, 7) is 4.88. The zero-order valence-corrected chi connectivity index (χ0v) is 54.3. The summed E-state index contributed by atoms with van der Waals surface area (Å²) in [5.41, 5.74) is 0. The summed E-state index contributed by atoms with van der Waals surface area (Å²) in [7, 11) is 0. The highest BCUT2D eigenvalue weighted by Crippen LogP contribution is 2.18. The van der Waals surface area contributed by atoms with Crippen molar-refractivity contribution in [2.45, 2.75) is 392 Å². The number of amides is 1. The van der Waals surface area contributed by atoms with E-state index >= 15 is 0 Å². The van der Waals surface area contributed by atoms with Gasteiger partial charge in [-0.1, -0.05) is 331 Å². The lowest BCUT2D eigenvalue weighted by molar-refractivity contribution is -0.143. The van der Waals surface area contributed by atoms with Crippen molar-refractivity contribution in [1.82, 2.24) is 5.32 Å². The van der Waals surface area contributed by atoms with Crippen molar-refractivity contribution in [3.8, 4) is 0 Å². The Hall–Kier alpha value is -2.44. The van der Waals surface area contributed by atoms with E-state index in [1.54, 1.807) is 6.08 Å². The van der Waals surface area contributed by atoms with Crippen molar-refractivity contribution in [3.63, 3.8) is 0 Å². The highest BCUT2D eigenvalue weighted by molar-refractivity contribution is 5.76. The van der Waals surface area contributed by atoms with Gasteiger partial charge in [0.2, 0.25) is 5.91 Å². The summed E-state index contributed by atoms with van der Waals surface area (Å²) in [5, 5.41) is 23.1. The Morgan fingerprint density at radius 1 is 0.346 bits per heavy atom. The average molecular weight is 1130 g/mol. The van der Waals surface area contributed by atoms with Crippen LogP contribution in [0.5, 0.6) is 0 Å². The normalized spacial score (nSPS) is 12.9. The number of rotatable bonds is 67. The van der Waals surface area contributed by atoms with E-state index in [0.717, 1.165) is 57.8 Å². The molecule has 6 nitrogen and oxygen atoms in total. The van der Waals surface area contributed by atoms with Crippen LogP contribution in [0.4, 0.5) is 0 Å². The molecule has 1 amide bonds. The topological polar surface area (TPSA) is 95.9 Å². The van der Waals surface area contributed by atoms with Gasteiger partial charge in [0.15, 0.2) is 0 Å². The van der Waals surface area contributed by atoms with Crippen molar-refractivity contribution in [1.29, 1.82) is 0 Å². The summed E-state index contributed by atoms with van der Waals surface area (Å²) in [4.78, 5) is 24.5. The maximum absolute atomic E-state index is 12.5. The van der Waals surface area contributed by atoms with Gasteiger partial charge in [-0.05, 0) is 96.3 Å². The highest BCUT2D eigenvalue weighted by atomic mass is 16.5. The van der Waals surface area contributed by atoms with E-state index in [1.165, 1.54) is 295 Å². The number of hydrogen-bond acceptors (Lipinski definition) is 5. The van der Waals surface area contributed by atoms with Gasteiger partial charge in [0.05, 0.1) is 25.4 Å². The first-order chi connectivity index (χ1) is 40.0. The van der Waals surface area contributed by atoms with Crippen LogP contribution < -0.4 is 5.32 Å². The summed E-state index contributed by atoms with van der Waals surface area (Å²) >= 11 is 0. The molecule has 0 aromatic heterocycles. The van der Waals surface area contributed by atoms with E-state index in [9.17, 15) is 19.8 Å². The number of nitrogens with one attached hydrogen (secondary N) is 1. The van der Waals surface area contributed by atoms with E-state index in [1.807, 2.05) is 6.08 Å². The maximum atomic E-state index is 12.5. The molecular formula is C75H139NO5. The van der Waals surface area contributed by atoms with Crippen LogP contribution in [0.3, 0.4) is 0 Å². The number of hydrogen-bond donors (Lipinski definition) is 3. The van der Waals surface area contributed by atoms with Crippen LogP contribution in [0.1, 0.15) is 380 Å². The minimum Gasteiger partial charge on any atom is -0.466 e. The highest BCUT2D eigenvalue weighted by Gasteiger charge is 2.18. The number of ether oxygens (including phenoxy) is 1. The van der Waals surface area contributed by atoms with Gasteiger partial charge in [-0.15, -0.1) is 0 Å². The van der Waals surface area contributed by atoms with Crippen LogP contribution in [0.2, 0.25) is 0 Å². The molecule has 6 heteroatoms. The number of allylic oxidation sites excluding steroid dienone is 9. The fourth-order valence-electron chi connectivity index (χ4n) is 11.0. The SMILES string of the molecule is CCCCC/C=C\C/C=C\CCCCCCCCCC(=O)OCCCCCCCCCCCCC/C=C\C/C=C\CCCCCCCCCCCCCCCCCCCC(=O)NC(CO)C(O)/C=C/CCCCCCCCCCCC. The van der Waals surface area contributed by atoms with Gasteiger partial charge >= 0.3 is 5.97 Å². The molecule has 0 spiro atoms. The van der Waals surface area contributed by atoms with Crippen LogP contribution in [-0.2, 0) is 14.3 Å². The number of carbonyl (C=O) groups excluding carboxylic acids is 2. The molecule has 0 aliphatic heterocycles. The van der Waals surface area contributed by atoms with Crippen LogP contribution in [-0.4, -0.2) is 47.4 Å². The molecule has 474 valence electrons. The molecule has 0 rings (SSSR count). The third kappa shape index (κ3) is 66.6. The fraction of sp³-hybridized carbons (Fsp3) is 0.840. The molecule has 2 atom stereocenters. The molecule has 81 heavy (non-hydrogen) atoms. The molecule has 0 bridgehead atoms. The first-order valence-corrected chi connectivity index (χ1v) is 36.1. The average Bonchev–Trinajstić information content (AvgIpc) is 3.47. The van der Waals surface area contributed by atoms with Crippen molar-refractivity contribution in [3.05, 3.63) is 60.8 Å². The first-order valence-electron chi connectivity index (χ1n) is 36.1. The second kappa shape index (κ2) is 70.0. The number of unbranched alkanes of at least 4 members (excludes halogenated alkanes) is 48. The second-order valence-corrected chi connectivity index (χ2v) is 24.6. The maximum Gasteiger partial charge on any atom is 0.305 e. The summed E-state index contributed by atoms with van der Waals surface area (Å²) in [6, 6.07) is -0.626. The largest absolute Gasteiger partial charge is 0.466 e. The van der Waals surface area contributed by atoms with Gasteiger partial charge in [0.1, 0.15) is 0 Å². The third-order valence-corrected chi connectivity index (χ3v) is 16.5. The molecule has 0 aliphatic rings. The zero-order chi connectivity index (χ0) is 58.5. The van der Waals surface area contributed by atoms with E-state index < -0.39 is 12.1 Å². The molecule has 3 N–H and O–H groups in total. The van der Waals surface area contributed by atoms with E-state index in [4.69, 9.17) is 4.74 Å². The monoisotopic (exact) mass is 1130 g/mol. The predicted octanol–water partition coefficient (Wildman–Crippen LogP) is 23.4. The molecule has 0 aliphatic carbocycles. The van der Waals surface area contributed by atoms with Gasteiger partial charge in [-0.25, -0.2) is 0 Å². The van der Waals surface area contributed by atoms with E-state index in [0.29, 0.717) is 19.4 Å². The number of carbonyl (C=O) groups is 2. The Bertz CT molecular complexity index is 1400. The Morgan fingerprint density at radius 3 is 0.963 bits per heavy atom. The van der Waals surface area contributed by atoms with E-state index in [-0.39, 0.29) is 18.5 Å². The molecule has 0 saturated carbocycles. The Morgan fingerprint density at radius 2 is 0.617 bits per heavy atom. The fourth-order valence-corrected chi connectivity index (χ4v) is 11.0. The lowest BCUT2D eigenvalue weighted by atomic mass is 10.0. The number of esters is 1. The third-order valence-electron chi connectivity index (χ3n) is 16.5. The Kier molecular flexibility index (Phi) is 67.9. The van der Waals surface area contributed by atoms with Crippen LogP contribution in [0.25, 0.3) is 0 Å². The first kappa shape index (κ1) is 78.6. The Labute approximate surface area is 505 Å². The lowest BCUT2D eigenvalue weighted by Crippen LogP contribution is -2.45. The van der Waals surface area contributed by atoms with Crippen LogP contribution >= 0.6 is 0 Å². The molecule has 0 heterocycles.